The maximum absolute atomic E-state index is 12.2. The van der Waals surface area contributed by atoms with Gasteiger partial charge in [-0.3, -0.25) is 10.1 Å². The van der Waals surface area contributed by atoms with Crippen molar-refractivity contribution >= 4 is 49.4 Å². The third-order valence-electron chi connectivity index (χ3n) is 7.88. The van der Waals surface area contributed by atoms with Crippen molar-refractivity contribution < 1.29 is 9.34 Å². The molecule has 0 aliphatic carbocycles. The average Bonchev–Trinajstić information content (AvgIpc) is 3.56. The van der Waals surface area contributed by atoms with Crippen LogP contribution >= 0.6 is 0 Å². The van der Waals surface area contributed by atoms with Crippen LogP contribution < -0.4 is 0 Å². The number of benzene rings is 6. The molecule has 0 aliphatic rings. The standard InChI is InChI=1S/C36H22N2O3/c39-38(40)25-21-28(23-11-3-1-4-12-23)36(29(22-25)24-13-5-2-6-14-24)37-30-17-9-7-15-26(30)34-31(37)19-20-33-35(34)27-16-8-10-18-32(27)41-33/h1-22H. The van der Waals surface area contributed by atoms with E-state index in [1.807, 2.05) is 91.0 Å². The minimum Gasteiger partial charge on any atom is -0.456 e. The third kappa shape index (κ3) is 3.49. The minimum atomic E-state index is -0.310. The quantitative estimate of drug-likeness (QED) is 0.168. The predicted molar refractivity (Wildman–Crippen MR) is 166 cm³/mol. The van der Waals surface area contributed by atoms with Crippen LogP contribution in [0.3, 0.4) is 0 Å². The highest BCUT2D eigenvalue weighted by atomic mass is 16.6. The van der Waals surface area contributed by atoms with Crippen LogP contribution in [-0.2, 0) is 0 Å². The van der Waals surface area contributed by atoms with Gasteiger partial charge < -0.3 is 8.98 Å². The van der Waals surface area contributed by atoms with Crippen molar-refractivity contribution in [1.29, 1.82) is 0 Å². The van der Waals surface area contributed by atoms with Crippen LogP contribution in [0.15, 0.2) is 138 Å². The molecule has 8 rings (SSSR count). The molecular formula is C36H22N2O3. The number of fused-ring (bicyclic) bond motifs is 7. The zero-order valence-corrected chi connectivity index (χ0v) is 21.8. The summed E-state index contributed by atoms with van der Waals surface area (Å²) >= 11 is 0. The molecule has 0 saturated heterocycles. The van der Waals surface area contributed by atoms with E-state index in [2.05, 4.69) is 34.9 Å². The number of furan rings is 1. The van der Waals surface area contributed by atoms with E-state index in [1.54, 1.807) is 12.1 Å². The first-order chi connectivity index (χ1) is 20.2. The van der Waals surface area contributed by atoms with Crippen molar-refractivity contribution in [2.45, 2.75) is 0 Å². The van der Waals surface area contributed by atoms with E-state index >= 15 is 0 Å². The molecule has 0 radical (unpaired) electrons. The fraction of sp³-hybridized carbons (Fsp3) is 0. The fourth-order valence-corrected chi connectivity index (χ4v) is 6.16. The molecule has 5 heteroatoms. The van der Waals surface area contributed by atoms with Crippen LogP contribution in [0.1, 0.15) is 0 Å². The Morgan fingerprint density at radius 2 is 1.15 bits per heavy atom. The van der Waals surface area contributed by atoms with E-state index in [9.17, 15) is 10.1 Å². The lowest BCUT2D eigenvalue weighted by Gasteiger charge is -2.19. The van der Waals surface area contributed by atoms with E-state index in [4.69, 9.17) is 4.42 Å². The average molecular weight is 531 g/mol. The molecule has 0 spiro atoms. The molecule has 0 atom stereocenters. The van der Waals surface area contributed by atoms with Crippen molar-refractivity contribution in [2.75, 3.05) is 0 Å². The van der Waals surface area contributed by atoms with Crippen molar-refractivity contribution in [3.8, 4) is 27.9 Å². The number of non-ortho nitro benzene ring substituents is 1. The van der Waals surface area contributed by atoms with E-state index in [1.165, 1.54) is 0 Å². The lowest BCUT2D eigenvalue weighted by Crippen LogP contribution is -2.02. The van der Waals surface area contributed by atoms with Gasteiger partial charge in [0, 0.05) is 44.8 Å². The molecular weight excluding hydrogens is 508 g/mol. The lowest BCUT2D eigenvalue weighted by atomic mass is 9.94. The molecule has 0 saturated carbocycles. The summed E-state index contributed by atoms with van der Waals surface area (Å²) < 4.78 is 8.53. The number of nitrogens with zero attached hydrogens (tertiary/aromatic N) is 2. The van der Waals surface area contributed by atoms with Gasteiger partial charge in [-0.1, -0.05) is 97.1 Å². The molecule has 5 nitrogen and oxygen atoms in total. The highest BCUT2D eigenvalue weighted by Gasteiger charge is 2.25. The molecule has 0 bridgehead atoms. The summed E-state index contributed by atoms with van der Waals surface area (Å²) in [6.07, 6.45) is 0. The summed E-state index contributed by atoms with van der Waals surface area (Å²) in [6, 6.07) is 43.8. The second kappa shape index (κ2) is 8.93. The monoisotopic (exact) mass is 530 g/mol. The van der Waals surface area contributed by atoms with Gasteiger partial charge in [-0.25, -0.2) is 0 Å². The van der Waals surface area contributed by atoms with Crippen LogP contribution in [0.2, 0.25) is 0 Å². The Kier molecular flexibility index (Phi) is 5.06. The summed E-state index contributed by atoms with van der Waals surface area (Å²) in [4.78, 5) is 11.9. The third-order valence-corrected chi connectivity index (χ3v) is 7.88. The molecule has 0 aliphatic heterocycles. The molecule has 194 valence electrons. The van der Waals surface area contributed by atoms with Gasteiger partial charge in [0.2, 0.25) is 0 Å². The number of nitro groups is 1. The Morgan fingerprint density at radius 1 is 0.561 bits per heavy atom. The van der Waals surface area contributed by atoms with Gasteiger partial charge in [0.05, 0.1) is 21.6 Å². The fourth-order valence-electron chi connectivity index (χ4n) is 6.16. The minimum absolute atomic E-state index is 0.0513. The maximum atomic E-state index is 12.2. The smallest absolute Gasteiger partial charge is 0.270 e. The Hall–Kier alpha value is -5.68. The summed E-state index contributed by atoms with van der Waals surface area (Å²) in [5, 5.41) is 16.5. The molecule has 0 fully saturated rings. The molecule has 6 aromatic carbocycles. The molecule has 8 aromatic rings. The second-order valence-electron chi connectivity index (χ2n) is 10.2. The Morgan fingerprint density at radius 3 is 1.80 bits per heavy atom. The van der Waals surface area contributed by atoms with E-state index in [-0.39, 0.29) is 10.6 Å². The summed E-state index contributed by atoms with van der Waals surface area (Å²) in [7, 11) is 0. The first kappa shape index (κ1) is 23.2. The number of nitro benzene ring substituents is 1. The van der Waals surface area contributed by atoms with Gasteiger partial charge in [-0.15, -0.1) is 0 Å². The normalized spacial score (nSPS) is 11.6. The van der Waals surface area contributed by atoms with Crippen LogP contribution in [0.25, 0.3) is 71.7 Å². The predicted octanol–water partition coefficient (Wildman–Crippen LogP) is 9.93. The summed E-state index contributed by atoms with van der Waals surface area (Å²) in [6.45, 7) is 0. The van der Waals surface area contributed by atoms with Gasteiger partial charge in [-0.05, 0) is 35.4 Å². The van der Waals surface area contributed by atoms with E-state index < -0.39 is 0 Å². The first-order valence-electron chi connectivity index (χ1n) is 13.5. The van der Waals surface area contributed by atoms with Crippen molar-refractivity contribution in [2.24, 2.45) is 0 Å². The highest BCUT2D eigenvalue weighted by Crippen LogP contribution is 2.46. The van der Waals surface area contributed by atoms with E-state index in [0.29, 0.717) is 0 Å². The number of rotatable bonds is 4. The first-order valence-corrected chi connectivity index (χ1v) is 13.5. The SMILES string of the molecule is O=[N+]([O-])c1cc(-c2ccccc2)c(-n2c3ccccc3c3c4c(ccc32)oc2ccccc24)c(-c2ccccc2)c1. The number of hydrogen-bond donors (Lipinski definition) is 0. The number of hydrogen-bond acceptors (Lipinski definition) is 3. The second-order valence-corrected chi connectivity index (χ2v) is 10.2. The van der Waals surface area contributed by atoms with Gasteiger partial charge in [0.1, 0.15) is 11.2 Å². The number of para-hydroxylation sites is 2. The lowest BCUT2D eigenvalue weighted by molar-refractivity contribution is -0.384. The topological polar surface area (TPSA) is 61.2 Å². The van der Waals surface area contributed by atoms with E-state index in [0.717, 1.165) is 71.7 Å². The Balaban J connectivity index is 1.61. The maximum Gasteiger partial charge on any atom is 0.270 e. The van der Waals surface area contributed by atoms with Gasteiger partial charge in [-0.2, -0.15) is 0 Å². The molecule has 2 heterocycles. The number of aromatic nitrogens is 1. The zero-order valence-electron chi connectivity index (χ0n) is 21.8. The molecule has 0 unspecified atom stereocenters. The highest BCUT2D eigenvalue weighted by molar-refractivity contribution is 6.27. The van der Waals surface area contributed by atoms with Crippen molar-refractivity contribution in [1.82, 2.24) is 4.57 Å². The molecule has 0 amide bonds. The van der Waals surface area contributed by atoms with Crippen molar-refractivity contribution in [3.63, 3.8) is 0 Å². The van der Waals surface area contributed by atoms with Gasteiger partial charge >= 0.3 is 0 Å². The zero-order chi connectivity index (χ0) is 27.5. The molecule has 2 aromatic heterocycles. The van der Waals surface area contributed by atoms with Crippen LogP contribution in [-0.4, -0.2) is 9.49 Å². The summed E-state index contributed by atoms with van der Waals surface area (Å²) in [5.74, 6) is 0. The summed E-state index contributed by atoms with van der Waals surface area (Å²) in [5.41, 5.74) is 8.04. The van der Waals surface area contributed by atoms with Crippen LogP contribution in [0.5, 0.6) is 0 Å². The van der Waals surface area contributed by atoms with Crippen molar-refractivity contribution in [3.05, 3.63) is 144 Å². The molecule has 41 heavy (non-hydrogen) atoms. The molecule has 0 N–H and O–H groups in total. The Bertz CT molecular complexity index is 2220. The van der Waals surface area contributed by atoms with Crippen LogP contribution in [0.4, 0.5) is 5.69 Å². The Labute approximate surface area is 234 Å². The largest absolute Gasteiger partial charge is 0.456 e. The van der Waals surface area contributed by atoms with Gasteiger partial charge in [0.15, 0.2) is 0 Å². The van der Waals surface area contributed by atoms with Gasteiger partial charge in [0.25, 0.3) is 5.69 Å². The van der Waals surface area contributed by atoms with Crippen LogP contribution in [0, 0.1) is 10.1 Å².